The first-order chi connectivity index (χ1) is 23.4. The molecular weight excluding hydrogens is 606 g/mol. The molecule has 3 aromatic rings. The maximum absolute atomic E-state index is 13.1. The smallest absolute Gasteiger partial charge is 0.272 e. The van der Waals surface area contributed by atoms with Crippen LogP contribution in [0.15, 0.2) is 74.0 Å². The summed E-state index contributed by atoms with van der Waals surface area (Å²) >= 11 is 0. The summed E-state index contributed by atoms with van der Waals surface area (Å²) in [6.45, 7) is 17.7. The minimum Gasteiger partial charge on any atom is -0.378 e. The van der Waals surface area contributed by atoms with Gasteiger partial charge in [0.2, 0.25) is 11.8 Å². The monoisotopic (exact) mass is 661 g/mol. The first-order valence-electron chi connectivity index (χ1n) is 16.5. The molecule has 1 heterocycles. The molecule has 3 amide bonds. The van der Waals surface area contributed by atoms with Crippen LogP contribution < -0.4 is 31.9 Å². The Bertz CT molecular complexity index is 1380. The fourth-order valence-electron chi connectivity index (χ4n) is 4.36. The molecular formula is C37H55N7O4. The number of carbonyl (C=O) groups excluding carboxylic acids is 3. The van der Waals surface area contributed by atoms with Crippen LogP contribution in [0.4, 0.5) is 5.69 Å². The van der Waals surface area contributed by atoms with E-state index in [1.54, 1.807) is 12.3 Å². The van der Waals surface area contributed by atoms with Crippen LogP contribution >= 0.6 is 0 Å². The first-order valence-corrected chi connectivity index (χ1v) is 16.5. The third-order valence-electron chi connectivity index (χ3n) is 6.68. The van der Waals surface area contributed by atoms with Gasteiger partial charge < -0.3 is 36.6 Å². The zero-order valence-electron chi connectivity index (χ0n) is 29.3. The van der Waals surface area contributed by atoms with Gasteiger partial charge in [0.15, 0.2) is 5.69 Å². The Balaban J connectivity index is 0.00000277. The number of aryl methyl sites for hydroxylation is 2. The van der Waals surface area contributed by atoms with Gasteiger partial charge >= 0.3 is 0 Å². The van der Waals surface area contributed by atoms with Gasteiger partial charge in [-0.2, -0.15) is 0 Å². The zero-order valence-corrected chi connectivity index (χ0v) is 29.3. The predicted octanol–water partition coefficient (Wildman–Crippen LogP) is 3.85. The average Bonchev–Trinajstić information content (AvgIpc) is 3.11. The summed E-state index contributed by atoms with van der Waals surface area (Å²) in [4.78, 5) is 42.1. The highest BCUT2D eigenvalue weighted by Crippen LogP contribution is 2.25. The Labute approximate surface area is 286 Å². The number of likely N-dealkylation sites (N-methyl/N-ethyl adjacent to an activating group) is 1. The van der Waals surface area contributed by atoms with Crippen molar-refractivity contribution in [2.24, 2.45) is 0 Å². The molecule has 48 heavy (non-hydrogen) atoms. The van der Waals surface area contributed by atoms with Crippen LogP contribution in [0, 0.1) is 6.92 Å². The van der Waals surface area contributed by atoms with Crippen molar-refractivity contribution in [3.8, 4) is 11.1 Å². The molecule has 0 atom stereocenters. The van der Waals surface area contributed by atoms with E-state index in [2.05, 4.69) is 75.2 Å². The molecule has 3 rings (SSSR count). The van der Waals surface area contributed by atoms with Gasteiger partial charge in [-0.15, -0.1) is 13.2 Å². The SMILES string of the molecule is C=C.CC.CCc1cccc(-c2cnc(C(=O)NCCOCCNCC(=O)NCCNC)c(NC(=O)CNCc3cccc(C)c3)c2)c1. The minimum absolute atomic E-state index is 0.0734. The lowest BCUT2D eigenvalue weighted by molar-refractivity contribution is -0.120. The van der Waals surface area contributed by atoms with E-state index in [1.807, 2.05) is 58.2 Å². The maximum Gasteiger partial charge on any atom is 0.272 e. The van der Waals surface area contributed by atoms with E-state index in [9.17, 15) is 14.4 Å². The number of pyridine rings is 1. The molecule has 2 aromatic carbocycles. The van der Waals surface area contributed by atoms with Crippen molar-refractivity contribution in [2.75, 3.05) is 64.8 Å². The zero-order chi connectivity index (χ0) is 35.6. The van der Waals surface area contributed by atoms with Crippen molar-refractivity contribution in [2.45, 2.75) is 40.7 Å². The van der Waals surface area contributed by atoms with E-state index in [0.29, 0.717) is 38.5 Å². The van der Waals surface area contributed by atoms with Gasteiger partial charge in [-0.05, 0) is 43.1 Å². The van der Waals surface area contributed by atoms with Crippen LogP contribution in [0.1, 0.15) is 48.0 Å². The minimum atomic E-state index is -0.415. The van der Waals surface area contributed by atoms with Gasteiger partial charge in [-0.3, -0.25) is 14.4 Å². The topological polar surface area (TPSA) is 146 Å². The van der Waals surface area contributed by atoms with Crippen LogP contribution in [0.2, 0.25) is 0 Å². The Morgan fingerprint density at radius 2 is 1.50 bits per heavy atom. The number of benzene rings is 2. The van der Waals surface area contributed by atoms with E-state index in [0.717, 1.165) is 28.7 Å². The molecule has 11 heteroatoms. The average molecular weight is 662 g/mol. The fraction of sp³-hybridized carbons (Fsp3) is 0.405. The van der Waals surface area contributed by atoms with Crippen LogP contribution in [0.25, 0.3) is 11.1 Å². The number of rotatable bonds is 19. The second kappa shape index (κ2) is 25.6. The summed E-state index contributed by atoms with van der Waals surface area (Å²) in [5.41, 5.74) is 5.63. The first kappa shape index (κ1) is 41.6. The fourth-order valence-corrected chi connectivity index (χ4v) is 4.36. The van der Waals surface area contributed by atoms with Crippen molar-refractivity contribution in [3.05, 3.63) is 96.3 Å². The molecule has 1 aromatic heterocycles. The van der Waals surface area contributed by atoms with Gasteiger partial charge in [0.25, 0.3) is 5.91 Å². The molecule has 0 aliphatic heterocycles. The molecule has 262 valence electrons. The molecule has 0 spiro atoms. The van der Waals surface area contributed by atoms with E-state index in [4.69, 9.17) is 4.74 Å². The maximum atomic E-state index is 13.1. The summed E-state index contributed by atoms with van der Waals surface area (Å²) in [6, 6.07) is 18.0. The highest BCUT2D eigenvalue weighted by Gasteiger charge is 2.17. The van der Waals surface area contributed by atoms with Crippen molar-refractivity contribution in [1.29, 1.82) is 0 Å². The molecule has 0 radical (unpaired) electrons. The normalized spacial score (nSPS) is 10.1. The molecule has 0 unspecified atom stereocenters. The van der Waals surface area contributed by atoms with E-state index in [1.165, 1.54) is 5.56 Å². The van der Waals surface area contributed by atoms with Gasteiger partial charge in [0.05, 0.1) is 32.0 Å². The van der Waals surface area contributed by atoms with Crippen molar-refractivity contribution in [1.82, 2.24) is 31.6 Å². The molecule has 0 bridgehead atoms. The van der Waals surface area contributed by atoms with Crippen LogP contribution in [0.5, 0.6) is 0 Å². The van der Waals surface area contributed by atoms with Crippen molar-refractivity contribution < 1.29 is 19.1 Å². The number of nitrogens with one attached hydrogen (secondary N) is 6. The molecule has 0 aliphatic carbocycles. The lowest BCUT2D eigenvalue weighted by Crippen LogP contribution is -2.38. The number of nitrogens with zero attached hydrogens (tertiary/aromatic N) is 1. The number of carbonyl (C=O) groups is 3. The number of amides is 3. The van der Waals surface area contributed by atoms with E-state index < -0.39 is 5.91 Å². The van der Waals surface area contributed by atoms with Crippen LogP contribution in [0.3, 0.4) is 0 Å². The number of hydrogen-bond donors (Lipinski definition) is 6. The molecule has 0 aliphatic rings. The van der Waals surface area contributed by atoms with Crippen LogP contribution in [-0.2, 0) is 27.3 Å². The summed E-state index contributed by atoms with van der Waals surface area (Å²) in [7, 11) is 1.83. The molecule has 0 saturated heterocycles. The quantitative estimate of drug-likeness (QED) is 0.0840. The summed E-state index contributed by atoms with van der Waals surface area (Å²) in [6.07, 6.45) is 2.54. The molecule has 0 saturated carbocycles. The Kier molecular flexibility index (Phi) is 22.2. The van der Waals surface area contributed by atoms with E-state index >= 15 is 0 Å². The highest BCUT2D eigenvalue weighted by molar-refractivity contribution is 6.03. The van der Waals surface area contributed by atoms with Crippen molar-refractivity contribution in [3.63, 3.8) is 0 Å². The standard InChI is InChI=1S/C33H45N7O4.C2H6.C2H4/c1-4-25-8-6-10-27(18-25)28-19-29(40-31(42)23-36-20-26-9-5-7-24(2)17-26)32(39-21-28)33(43)38-14-16-44-15-13-35-22-30(41)37-12-11-34-3;2*1-2/h5-10,17-19,21,34-36H,4,11-16,20,22-23H2,1-3H3,(H,37,41)(H,38,43)(H,40,42);1-2H3;1-2H2. The second-order valence-corrected chi connectivity index (χ2v) is 10.3. The van der Waals surface area contributed by atoms with Gasteiger partial charge in [0, 0.05) is 44.5 Å². The predicted molar refractivity (Wildman–Crippen MR) is 196 cm³/mol. The van der Waals surface area contributed by atoms with Gasteiger partial charge in [-0.1, -0.05) is 74.9 Å². The Morgan fingerprint density at radius 1 is 0.792 bits per heavy atom. The van der Waals surface area contributed by atoms with Gasteiger partial charge in [-0.25, -0.2) is 4.98 Å². The van der Waals surface area contributed by atoms with Gasteiger partial charge in [0.1, 0.15) is 0 Å². The van der Waals surface area contributed by atoms with Crippen LogP contribution in [-0.4, -0.2) is 82.2 Å². The van der Waals surface area contributed by atoms with Crippen molar-refractivity contribution >= 4 is 23.4 Å². The highest BCUT2D eigenvalue weighted by atomic mass is 16.5. The second-order valence-electron chi connectivity index (χ2n) is 10.3. The Morgan fingerprint density at radius 3 is 2.23 bits per heavy atom. The largest absolute Gasteiger partial charge is 0.378 e. The number of anilines is 1. The third-order valence-corrected chi connectivity index (χ3v) is 6.68. The molecule has 6 N–H and O–H groups in total. The summed E-state index contributed by atoms with van der Waals surface area (Å²) in [5.74, 6) is -0.768. The third kappa shape index (κ3) is 16.4. The lowest BCUT2D eigenvalue weighted by Gasteiger charge is -2.14. The molecule has 11 nitrogen and oxygen atoms in total. The Hall–Kier alpha value is -4.42. The van der Waals surface area contributed by atoms with E-state index in [-0.39, 0.29) is 43.7 Å². The molecule has 0 fully saturated rings. The number of hydrogen-bond acceptors (Lipinski definition) is 8. The number of ether oxygens (including phenoxy) is 1. The lowest BCUT2D eigenvalue weighted by atomic mass is 10.0. The number of aromatic nitrogens is 1. The summed E-state index contributed by atoms with van der Waals surface area (Å²) in [5, 5.41) is 17.6. The summed E-state index contributed by atoms with van der Waals surface area (Å²) < 4.78 is 5.56.